The number of benzene rings is 2. The van der Waals surface area contributed by atoms with Gasteiger partial charge < -0.3 is 15.4 Å². The van der Waals surface area contributed by atoms with Crippen molar-refractivity contribution in [2.45, 2.75) is 0 Å². The van der Waals surface area contributed by atoms with Gasteiger partial charge in [0.15, 0.2) is 0 Å². The minimum atomic E-state index is -0.266. The highest BCUT2D eigenvalue weighted by atomic mass is 79.9. The molecule has 0 aliphatic carbocycles. The summed E-state index contributed by atoms with van der Waals surface area (Å²) in [6, 6.07) is 16.1. The molecule has 2 N–H and O–H groups in total. The van der Waals surface area contributed by atoms with Crippen LogP contribution in [0.4, 0.5) is 11.4 Å². The molecule has 0 saturated carbocycles. The Balaban J connectivity index is 1.60. The third-order valence-corrected chi connectivity index (χ3v) is 5.12. The number of anilines is 2. The van der Waals surface area contributed by atoms with E-state index in [-0.39, 0.29) is 11.8 Å². The van der Waals surface area contributed by atoms with Gasteiger partial charge in [-0.2, -0.15) is 0 Å². The molecule has 2 aromatic carbocycles. The second-order valence-electron chi connectivity index (χ2n) is 5.72. The fourth-order valence-electron chi connectivity index (χ4n) is 2.42. The molecule has 5 nitrogen and oxygen atoms in total. The van der Waals surface area contributed by atoms with Crippen LogP contribution in [0.3, 0.4) is 0 Å². The molecule has 0 radical (unpaired) electrons. The van der Waals surface area contributed by atoms with Crippen LogP contribution < -0.4 is 15.4 Å². The minimum absolute atomic E-state index is 0.155. The normalized spacial score (nSPS) is 10.6. The average Bonchev–Trinajstić information content (AvgIpc) is 3.23. The first-order valence-electron chi connectivity index (χ1n) is 8.32. The lowest BCUT2D eigenvalue weighted by molar-refractivity contribution is -0.111. The molecule has 0 atom stereocenters. The maximum Gasteiger partial charge on any atom is 0.265 e. The van der Waals surface area contributed by atoms with Gasteiger partial charge in [0.25, 0.3) is 5.91 Å². The Bertz CT molecular complexity index is 999. The van der Waals surface area contributed by atoms with Crippen molar-refractivity contribution in [2.75, 3.05) is 17.7 Å². The zero-order valence-corrected chi connectivity index (χ0v) is 17.3. The number of halogens is 1. The Morgan fingerprint density at radius 2 is 1.75 bits per heavy atom. The molecule has 7 heteroatoms. The minimum Gasteiger partial charge on any atom is -0.496 e. The molecule has 3 aromatic rings. The summed E-state index contributed by atoms with van der Waals surface area (Å²) in [6.07, 6.45) is 3.13. The number of hydrogen-bond donors (Lipinski definition) is 2. The average molecular weight is 457 g/mol. The van der Waals surface area contributed by atoms with Crippen molar-refractivity contribution in [3.8, 4) is 5.75 Å². The number of amides is 2. The van der Waals surface area contributed by atoms with Crippen molar-refractivity contribution >= 4 is 56.5 Å². The van der Waals surface area contributed by atoms with E-state index in [1.54, 1.807) is 43.5 Å². The highest BCUT2D eigenvalue weighted by Crippen LogP contribution is 2.24. The topological polar surface area (TPSA) is 67.4 Å². The fourth-order valence-corrected chi connectivity index (χ4v) is 3.42. The molecule has 142 valence electrons. The Kier molecular flexibility index (Phi) is 6.62. The van der Waals surface area contributed by atoms with Gasteiger partial charge in [0.1, 0.15) is 5.75 Å². The van der Waals surface area contributed by atoms with E-state index in [1.165, 1.54) is 17.4 Å². The van der Waals surface area contributed by atoms with Crippen molar-refractivity contribution in [1.29, 1.82) is 0 Å². The maximum absolute atomic E-state index is 12.2. The monoisotopic (exact) mass is 456 g/mol. The van der Waals surface area contributed by atoms with Gasteiger partial charge >= 0.3 is 0 Å². The quantitative estimate of drug-likeness (QED) is 0.486. The van der Waals surface area contributed by atoms with Gasteiger partial charge in [0.2, 0.25) is 5.91 Å². The summed E-state index contributed by atoms with van der Waals surface area (Å²) in [5.74, 6) is 0.258. The maximum atomic E-state index is 12.2. The predicted octanol–water partition coefficient (Wildman–Crippen LogP) is 5.42. The fraction of sp³-hybridized carbons (Fsp3) is 0.0476. The lowest BCUT2D eigenvalue weighted by Gasteiger charge is -2.07. The Morgan fingerprint density at radius 3 is 2.39 bits per heavy atom. The summed E-state index contributed by atoms with van der Waals surface area (Å²) in [5, 5.41) is 7.45. The van der Waals surface area contributed by atoms with Crippen LogP contribution in [0.25, 0.3) is 6.08 Å². The van der Waals surface area contributed by atoms with E-state index < -0.39 is 0 Å². The van der Waals surface area contributed by atoms with Gasteiger partial charge in [0, 0.05) is 27.5 Å². The number of hydrogen-bond acceptors (Lipinski definition) is 4. The second-order valence-corrected chi connectivity index (χ2v) is 7.58. The molecule has 0 saturated heterocycles. The van der Waals surface area contributed by atoms with Gasteiger partial charge in [-0.05, 0) is 60.0 Å². The van der Waals surface area contributed by atoms with Gasteiger partial charge in [0.05, 0.1) is 12.0 Å². The summed E-state index contributed by atoms with van der Waals surface area (Å²) in [4.78, 5) is 24.9. The van der Waals surface area contributed by atoms with E-state index in [0.29, 0.717) is 22.0 Å². The van der Waals surface area contributed by atoms with Crippen LogP contribution in [0.15, 0.2) is 70.5 Å². The molecule has 3 rings (SSSR count). The summed E-state index contributed by atoms with van der Waals surface area (Å²) in [6.45, 7) is 0. The van der Waals surface area contributed by atoms with Crippen LogP contribution >= 0.6 is 27.3 Å². The van der Waals surface area contributed by atoms with Gasteiger partial charge in [-0.25, -0.2) is 0 Å². The SMILES string of the molecule is COc1ccc(Br)cc1/C=C/C(=O)Nc1ccc(NC(=O)c2cccs2)cc1. The standard InChI is InChI=1S/C21H17BrN2O3S/c1-27-18-10-5-15(22)13-14(18)4-11-20(25)23-16-6-8-17(9-7-16)24-21(26)19-3-2-12-28-19/h2-13H,1H3,(H,23,25)(H,24,26)/b11-4+. The predicted molar refractivity (Wildman–Crippen MR) is 117 cm³/mol. The molecule has 0 aliphatic rings. The molecule has 0 bridgehead atoms. The van der Waals surface area contributed by atoms with Crippen LogP contribution in [0.2, 0.25) is 0 Å². The third kappa shape index (κ3) is 5.31. The molecule has 0 aliphatic heterocycles. The summed E-state index contributed by atoms with van der Waals surface area (Å²) in [5.41, 5.74) is 2.08. The van der Waals surface area contributed by atoms with E-state index in [9.17, 15) is 9.59 Å². The highest BCUT2D eigenvalue weighted by Gasteiger charge is 2.07. The molecule has 28 heavy (non-hydrogen) atoms. The Hall–Kier alpha value is -2.90. The van der Waals surface area contributed by atoms with Gasteiger partial charge in [-0.3, -0.25) is 9.59 Å². The summed E-state index contributed by atoms with van der Waals surface area (Å²) in [7, 11) is 1.58. The molecule has 0 unspecified atom stereocenters. The number of carbonyl (C=O) groups is 2. The first kappa shape index (κ1) is 19.9. The van der Waals surface area contributed by atoms with Crippen molar-refractivity contribution in [3.05, 3.63) is 81.0 Å². The number of nitrogens with one attached hydrogen (secondary N) is 2. The first-order valence-corrected chi connectivity index (χ1v) is 10.00. The molecule has 1 aromatic heterocycles. The molecule has 0 fully saturated rings. The van der Waals surface area contributed by atoms with Crippen LogP contribution in [-0.4, -0.2) is 18.9 Å². The number of thiophene rings is 1. The van der Waals surface area contributed by atoms with Crippen molar-refractivity contribution in [2.24, 2.45) is 0 Å². The van der Waals surface area contributed by atoms with Crippen LogP contribution in [0, 0.1) is 0 Å². The number of ether oxygens (including phenoxy) is 1. The van der Waals surface area contributed by atoms with Crippen LogP contribution in [0.1, 0.15) is 15.2 Å². The van der Waals surface area contributed by atoms with Crippen molar-refractivity contribution in [1.82, 2.24) is 0 Å². The largest absolute Gasteiger partial charge is 0.496 e. The van der Waals surface area contributed by atoms with Crippen molar-refractivity contribution < 1.29 is 14.3 Å². The summed E-state index contributed by atoms with van der Waals surface area (Å²) < 4.78 is 6.18. The van der Waals surface area contributed by atoms with E-state index in [0.717, 1.165) is 10.0 Å². The number of carbonyl (C=O) groups excluding carboxylic acids is 2. The second kappa shape index (κ2) is 9.34. The molecule has 2 amide bonds. The summed E-state index contributed by atoms with van der Waals surface area (Å²) >= 11 is 4.78. The zero-order chi connectivity index (χ0) is 19.9. The molecule has 1 heterocycles. The lowest BCUT2D eigenvalue weighted by Crippen LogP contribution is -2.10. The smallest absolute Gasteiger partial charge is 0.265 e. The van der Waals surface area contributed by atoms with E-state index >= 15 is 0 Å². The Labute approximate surface area is 175 Å². The van der Waals surface area contributed by atoms with E-state index in [4.69, 9.17) is 4.74 Å². The number of rotatable bonds is 6. The first-order chi connectivity index (χ1) is 13.5. The highest BCUT2D eigenvalue weighted by molar-refractivity contribution is 9.10. The molecular formula is C21H17BrN2O3S. The van der Waals surface area contributed by atoms with Gasteiger partial charge in [-0.15, -0.1) is 11.3 Å². The molecule has 0 spiro atoms. The van der Waals surface area contributed by atoms with E-state index in [1.807, 2.05) is 29.6 Å². The van der Waals surface area contributed by atoms with Crippen LogP contribution in [0.5, 0.6) is 5.75 Å². The van der Waals surface area contributed by atoms with Crippen LogP contribution in [-0.2, 0) is 4.79 Å². The lowest BCUT2D eigenvalue weighted by atomic mass is 10.2. The van der Waals surface area contributed by atoms with Gasteiger partial charge in [-0.1, -0.05) is 22.0 Å². The number of methoxy groups -OCH3 is 1. The molecular weight excluding hydrogens is 440 g/mol. The third-order valence-electron chi connectivity index (χ3n) is 3.76. The Morgan fingerprint density at radius 1 is 1.04 bits per heavy atom. The van der Waals surface area contributed by atoms with E-state index in [2.05, 4.69) is 26.6 Å². The van der Waals surface area contributed by atoms with Crippen molar-refractivity contribution in [3.63, 3.8) is 0 Å². The zero-order valence-electron chi connectivity index (χ0n) is 14.9.